The lowest BCUT2D eigenvalue weighted by Gasteiger charge is -2.09. The summed E-state index contributed by atoms with van der Waals surface area (Å²) in [5.74, 6) is 0.523. The first-order chi connectivity index (χ1) is 11.9. The van der Waals surface area contributed by atoms with Gasteiger partial charge < -0.3 is 10.3 Å². The largest absolute Gasteiger partial charge is 0.358 e. The van der Waals surface area contributed by atoms with E-state index in [9.17, 15) is 4.79 Å². The minimum atomic E-state index is -0.147. The molecule has 25 heavy (non-hydrogen) atoms. The standard InChI is InChI=1S/C20H24N4O/c1-6-18-12(3)16-8-11(2)7-15(19(16)24-18)9-22-20(25)17-10-21-14(5)23-13(17)4/h7-8,10,24H,6,9H2,1-5H3,(H,22,25). The van der Waals surface area contributed by atoms with Crippen molar-refractivity contribution in [2.45, 2.75) is 47.6 Å². The van der Waals surface area contributed by atoms with Crippen molar-refractivity contribution in [3.63, 3.8) is 0 Å². The highest BCUT2D eigenvalue weighted by molar-refractivity contribution is 5.95. The fourth-order valence-corrected chi connectivity index (χ4v) is 3.28. The molecule has 1 amide bonds. The second kappa shape index (κ2) is 6.67. The number of carbonyl (C=O) groups is 1. The minimum Gasteiger partial charge on any atom is -0.358 e. The third-order valence-corrected chi connectivity index (χ3v) is 4.63. The molecule has 2 aromatic heterocycles. The summed E-state index contributed by atoms with van der Waals surface area (Å²) < 4.78 is 0. The number of aromatic nitrogens is 3. The Bertz CT molecular complexity index is 956. The van der Waals surface area contributed by atoms with Crippen LogP contribution in [0.5, 0.6) is 0 Å². The average Bonchev–Trinajstić information content (AvgIpc) is 2.88. The van der Waals surface area contributed by atoms with E-state index in [2.05, 4.69) is 53.2 Å². The summed E-state index contributed by atoms with van der Waals surface area (Å²) >= 11 is 0. The number of nitrogens with one attached hydrogen (secondary N) is 2. The van der Waals surface area contributed by atoms with Crippen LogP contribution in [0.4, 0.5) is 0 Å². The number of rotatable bonds is 4. The molecule has 130 valence electrons. The van der Waals surface area contributed by atoms with E-state index in [0.29, 0.717) is 23.6 Å². The minimum absolute atomic E-state index is 0.147. The summed E-state index contributed by atoms with van der Waals surface area (Å²) in [6.45, 7) is 10.5. The fraction of sp³-hybridized carbons (Fsp3) is 0.350. The Balaban J connectivity index is 1.89. The Morgan fingerprint density at radius 2 is 1.96 bits per heavy atom. The van der Waals surface area contributed by atoms with Crippen molar-refractivity contribution in [3.8, 4) is 0 Å². The number of H-pyrrole nitrogens is 1. The Morgan fingerprint density at radius 3 is 2.64 bits per heavy atom. The lowest BCUT2D eigenvalue weighted by atomic mass is 10.0. The molecule has 0 bridgehead atoms. The highest BCUT2D eigenvalue weighted by atomic mass is 16.1. The SMILES string of the molecule is CCc1[nH]c2c(CNC(=O)c3cnc(C)nc3C)cc(C)cc2c1C. The summed E-state index contributed by atoms with van der Waals surface area (Å²) in [6, 6.07) is 4.32. The molecule has 3 aromatic rings. The van der Waals surface area contributed by atoms with Crippen molar-refractivity contribution < 1.29 is 4.79 Å². The highest BCUT2D eigenvalue weighted by Crippen LogP contribution is 2.26. The second-order valence-corrected chi connectivity index (χ2v) is 6.53. The van der Waals surface area contributed by atoms with E-state index < -0.39 is 0 Å². The van der Waals surface area contributed by atoms with E-state index >= 15 is 0 Å². The van der Waals surface area contributed by atoms with Crippen LogP contribution < -0.4 is 5.32 Å². The van der Waals surface area contributed by atoms with Gasteiger partial charge in [-0.15, -0.1) is 0 Å². The molecule has 0 saturated heterocycles. The van der Waals surface area contributed by atoms with Crippen LogP contribution >= 0.6 is 0 Å². The number of amides is 1. The van der Waals surface area contributed by atoms with Crippen molar-refractivity contribution >= 4 is 16.8 Å². The summed E-state index contributed by atoms with van der Waals surface area (Å²) in [5, 5.41) is 4.24. The molecule has 2 N–H and O–H groups in total. The van der Waals surface area contributed by atoms with Gasteiger partial charge in [-0.2, -0.15) is 0 Å². The van der Waals surface area contributed by atoms with Crippen molar-refractivity contribution in [2.24, 2.45) is 0 Å². The number of hydrogen-bond acceptors (Lipinski definition) is 3. The maximum atomic E-state index is 12.5. The topological polar surface area (TPSA) is 70.7 Å². The maximum Gasteiger partial charge on any atom is 0.254 e. The van der Waals surface area contributed by atoms with Gasteiger partial charge in [0.15, 0.2) is 0 Å². The Labute approximate surface area is 147 Å². The summed E-state index contributed by atoms with van der Waals surface area (Å²) in [6.07, 6.45) is 2.55. The number of aromatic amines is 1. The average molecular weight is 336 g/mol. The van der Waals surface area contributed by atoms with E-state index in [4.69, 9.17) is 0 Å². The van der Waals surface area contributed by atoms with Crippen molar-refractivity contribution in [1.82, 2.24) is 20.3 Å². The van der Waals surface area contributed by atoms with Gasteiger partial charge in [0.05, 0.1) is 16.8 Å². The van der Waals surface area contributed by atoms with Crippen molar-refractivity contribution in [3.05, 3.63) is 57.8 Å². The van der Waals surface area contributed by atoms with E-state index in [1.54, 1.807) is 6.20 Å². The normalized spacial score (nSPS) is 11.1. The number of carbonyl (C=O) groups excluding carboxylic acids is 1. The van der Waals surface area contributed by atoms with E-state index in [-0.39, 0.29) is 5.91 Å². The molecule has 5 nitrogen and oxygen atoms in total. The molecule has 0 aliphatic carbocycles. The van der Waals surface area contributed by atoms with Gasteiger partial charge in [0.25, 0.3) is 5.91 Å². The van der Waals surface area contributed by atoms with Gasteiger partial charge in [-0.25, -0.2) is 9.97 Å². The van der Waals surface area contributed by atoms with Crippen LogP contribution in [0.15, 0.2) is 18.3 Å². The van der Waals surface area contributed by atoms with Gasteiger partial charge in [-0.1, -0.05) is 18.6 Å². The third kappa shape index (κ3) is 3.27. The van der Waals surface area contributed by atoms with Crippen LogP contribution in [-0.2, 0) is 13.0 Å². The molecule has 0 radical (unpaired) electrons. The highest BCUT2D eigenvalue weighted by Gasteiger charge is 2.14. The predicted octanol–water partition coefficient (Wildman–Crippen LogP) is 3.68. The van der Waals surface area contributed by atoms with E-state index in [1.807, 2.05) is 13.8 Å². The third-order valence-electron chi connectivity index (χ3n) is 4.63. The van der Waals surface area contributed by atoms with Crippen LogP contribution in [0.2, 0.25) is 0 Å². The number of nitrogens with zero attached hydrogens (tertiary/aromatic N) is 2. The first kappa shape index (κ1) is 17.1. The Hall–Kier alpha value is -2.69. The van der Waals surface area contributed by atoms with Gasteiger partial charge in [0, 0.05) is 23.8 Å². The lowest BCUT2D eigenvalue weighted by molar-refractivity contribution is 0.0949. The predicted molar refractivity (Wildman–Crippen MR) is 99.8 cm³/mol. The zero-order valence-electron chi connectivity index (χ0n) is 15.4. The summed E-state index contributed by atoms with van der Waals surface area (Å²) in [5.41, 5.74) is 7.15. The van der Waals surface area contributed by atoms with Gasteiger partial charge in [-0.3, -0.25) is 4.79 Å². The van der Waals surface area contributed by atoms with Gasteiger partial charge in [0.2, 0.25) is 0 Å². The maximum absolute atomic E-state index is 12.5. The monoisotopic (exact) mass is 336 g/mol. The zero-order chi connectivity index (χ0) is 18.1. The van der Waals surface area contributed by atoms with Crippen molar-refractivity contribution in [1.29, 1.82) is 0 Å². The molecular formula is C20H24N4O. The Morgan fingerprint density at radius 1 is 1.20 bits per heavy atom. The molecule has 0 unspecified atom stereocenters. The molecule has 5 heteroatoms. The second-order valence-electron chi connectivity index (χ2n) is 6.53. The fourth-order valence-electron chi connectivity index (χ4n) is 3.28. The lowest BCUT2D eigenvalue weighted by Crippen LogP contribution is -2.24. The molecule has 1 aromatic carbocycles. The van der Waals surface area contributed by atoms with Gasteiger partial charge in [-0.05, 0) is 51.3 Å². The van der Waals surface area contributed by atoms with Crippen LogP contribution in [0, 0.1) is 27.7 Å². The molecule has 0 aliphatic heterocycles. The van der Waals surface area contributed by atoms with Crippen LogP contribution in [-0.4, -0.2) is 20.9 Å². The Kier molecular flexibility index (Phi) is 4.57. The van der Waals surface area contributed by atoms with E-state index in [0.717, 1.165) is 17.5 Å². The smallest absolute Gasteiger partial charge is 0.254 e. The molecule has 3 rings (SSSR count). The molecule has 0 spiro atoms. The first-order valence-corrected chi connectivity index (χ1v) is 8.59. The van der Waals surface area contributed by atoms with Gasteiger partial charge in [0.1, 0.15) is 5.82 Å². The molecule has 0 atom stereocenters. The zero-order valence-corrected chi connectivity index (χ0v) is 15.4. The van der Waals surface area contributed by atoms with Crippen molar-refractivity contribution in [2.75, 3.05) is 0 Å². The van der Waals surface area contributed by atoms with Crippen LogP contribution in [0.3, 0.4) is 0 Å². The quantitative estimate of drug-likeness (QED) is 0.763. The summed E-state index contributed by atoms with van der Waals surface area (Å²) in [7, 11) is 0. The van der Waals surface area contributed by atoms with Crippen LogP contribution in [0.25, 0.3) is 10.9 Å². The summed E-state index contributed by atoms with van der Waals surface area (Å²) in [4.78, 5) is 24.4. The molecule has 0 saturated carbocycles. The number of fused-ring (bicyclic) bond motifs is 1. The molecule has 2 heterocycles. The molecule has 0 fully saturated rings. The van der Waals surface area contributed by atoms with Crippen LogP contribution in [0.1, 0.15) is 51.2 Å². The molecular weight excluding hydrogens is 312 g/mol. The van der Waals surface area contributed by atoms with E-state index in [1.165, 1.54) is 22.2 Å². The number of aryl methyl sites for hydroxylation is 5. The number of hydrogen-bond donors (Lipinski definition) is 2. The molecule has 0 aliphatic rings. The first-order valence-electron chi connectivity index (χ1n) is 8.59. The number of benzene rings is 1. The van der Waals surface area contributed by atoms with Gasteiger partial charge >= 0.3 is 0 Å².